The molecule has 0 aromatic carbocycles. The van der Waals surface area contributed by atoms with Crippen molar-refractivity contribution in [1.82, 2.24) is 0 Å². The van der Waals surface area contributed by atoms with Crippen molar-refractivity contribution in [3.05, 3.63) is 0 Å². The van der Waals surface area contributed by atoms with Crippen molar-refractivity contribution in [3.63, 3.8) is 0 Å². The topological polar surface area (TPSA) is 61.8 Å². The second kappa shape index (κ2) is 15.8. The fourth-order valence-electron chi connectivity index (χ4n) is 2.18. The van der Waals surface area contributed by atoms with E-state index in [0.717, 1.165) is 12.8 Å². The fraction of sp³-hybridized carbons (Fsp3) is 0.889. The second-order valence-electron chi connectivity index (χ2n) is 5.87. The summed E-state index contributed by atoms with van der Waals surface area (Å²) in [7, 11) is 1.62. The van der Waals surface area contributed by atoms with E-state index in [0.29, 0.717) is 57.8 Å². The summed E-state index contributed by atoms with van der Waals surface area (Å²) in [4.78, 5) is 23.1. The third-order valence-corrected chi connectivity index (χ3v) is 3.79. The van der Waals surface area contributed by atoms with E-state index in [1.54, 1.807) is 7.11 Å². The number of methoxy groups -OCH3 is 1. The maximum Gasteiger partial charge on any atom is 0.305 e. The summed E-state index contributed by atoms with van der Waals surface area (Å²) in [5, 5.41) is 0. The molecule has 0 fully saturated rings. The van der Waals surface area contributed by atoms with Gasteiger partial charge >= 0.3 is 11.9 Å². The molecule has 0 saturated carbocycles. The number of carbonyl (C=O) groups excluding carboxylic acids is 2. The summed E-state index contributed by atoms with van der Waals surface area (Å²) in [5.74, 6) is 0.106. The molecule has 0 aliphatic heterocycles. The maximum atomic E-state index is 11.7. The van der Waals surface area contributed by atoms with E-state index in [9.17, 15) is 9.59 Å². The SMILES string of the molecule is CCCC[C@@H](CC)COC(=O)CCCCC(=O)OCCCOC. The fourth-order valence-corrected chi connectivity index (χ4v) is 2.18. The van der Waals surface area contributed by atoms with E-state index >= 15 is 0 Å². The molecule has 0 heterocycles. The highest BCUT2D eigenvalue weighted by molar-refractivity contribution is 5.70. The van der Waals surface area contributed by atoms with Crippen LogP contribution in [0, 0.1) is 5.92 Å². The summed E-state index contributed by atoms with van der Waals surface area (Å²) in [6.07, 6.45) is 7.29. The van der Waals surface area contributed by atoms with Gasteiger partial charge in [0.05, 0.1) is 13.2 Å². The summed E-state index contributed by atoms with van der Waals surface area (Å²) < 4.78 is 15.2. The number of carbonyl (C=O) groups is 2. The molecule has 0 aliphatic rings. The summed E-state index contributed by atoms with van der Waals surface area (Å²) in [6.45, 7) is 5.81. The van der Waals surface area contributed by atoms with Gasteiger partial charge in [-0.3, -0.25) is 9.59 Å². The molecule has 0 rings (SSSR count). The Morgan fingerprint density at radius 3 is 2.09 bits per heavy atom. The lowest BCUT2D eigenvalue weighted by molar-refractivity contribution is -0.147. The smallest absolute Gasteiger partial charge is 0.305 e. The molecule has 0 amide bonds. The molecule has 0 aromatic heterocycles. The lowest BCUT2D eigenvalue weighted by atomic mass is 10.0. The van der Waals surface area contributed by atoms with Crippen LogP contribution in [0.2, 0.25) is 0 Å². The minimum Gasteiger partial charge on any atom is -0.466 e. The minimum absolute atomic E-state index is 0.159. The van der Waals surface area contributed by atoms with Gasteiger partial charge in [0.25, 0.3) is 0 Å². The van der Waals surface area contributed by atoms with Gasteiger partial charge < -0.3 is 14.2 Å². The van der Waals surface area contributed by atoms with E-state index in [-0.39, 0.29) is 11.9 Å². The Kier molecular flexibility index (Phi) is 15.0. The van der Waals surface area contributed by atoms with Crippen molar-refractivity contribution in [3.8, 4) is 0 Å². The zero-order valence-corrected chi connectivity index (χ0v) is 15.1. The number of hydrogen-bond acceptors (Lipinski definition) is 5. The van der Waals surface area contributed by atoms with Gasteiger partial charge in [0.1, 0.15) is 0 Å². The van der Waals surface area contributed by atoms with E-state index in [1.165, 1.54) is 12.8 Å². The summed E-state index contributed by atoms with van der Waals surface area (Å²) in [5.41, 5.74) is 0. The Labute approximate surface area is 141 Å². The Hall–Kier alpha value is -1.10. The molecule has 23 heavy (non-hydrogen) atoms. The molecule has 0 unspecified atom stereocenters. The zero-order valence-electron chi connectivity index (χ0n) is 15.1. The molecular weight excluding hydrogens is 296 g/mol. The largest absolute Gasteiger partial charge is 0.466 e. The van der Waals surface area contributed by atoms with Gasteiger partial charge in [0, 0.05) is 33.0 Å². The highest BCUT2D eigenvalue weighted by atomic mass is 16.5. The average molecular weight is 330 g/mol. The second-order valence-corrected chi connectivity index (χ2v) is 5.87. The Balaban J connectivity index is 3.56. The van der Waals surface area contributed by atoms with Crippen molar-refractivity contribution < 1.29 is 23.8 Å². The third kappa shape index (κ3) is 14.2. The monoisotopic (exact) mass is 330 g/mol. The Bertz CT molecular complexity index is 304. The highest BCUT2D eigenvalue weighted by Gasteiger charge is 2.10. The number of rotatable bonds is 15. The van der Waals surface area contributed by atoms with Gasteiger partial charge in [0.15, 0.2) is 0 Å². The first-order valence-electron chi connectivity index (χ1n) is 8.94. The van der Waals surface area contributed by atoms with Crippen LogP contribution in [-0.2, 0) is 23.8 Å². The van der Waals surface area contributed by atoms with E-state index in [2.05, 4.69) is 13.8 Å². The summed E-state index contributed by atoms with van der Waals surface area (Å²) in [6, 6.07) is 0. The standard InChI is InChI=1S/C18H34O5/c1-4-6-10-16(5-2)15-23-18(20)12-8-7-11-17(19)22-14-9-13-21-3/h16H,4-15H2,1-3H3/t16-/m1/s1. The lowest BCUT2D eigenvalue weighted by Gasteiger charge is -2.14. The zero-order chi connectivity index (χ0) is 17.3. The van der Waals surface area contributed by atoms with Crippen LogP contribution in [0.3, 0.4) is 0 Å². The van der Waals surface area contributed by atoms with Crippen molar-refractivity contribution in [1.29, 1.82) is 0 Å². The van der Waals surface area contributed by atoms with Gasteiger partial charge in [0.2, 0.25) is 0 Å². The van der Waals surface area contributed by atoms with E-state index < -0.39 is 0 Å². The van der Waals surface area contributed by atoms with Crippen LogP contribution in [0.4, 0.5) is 0 Å². The molecule has 0 N–H and O–H groups in total. The van der Waals surface area contributed by atoms with Gasteiger partial charge in [-0.05, 0) is 25.2 Å². The van der Waals surface area contributed by atoms with Crippen molar-refractivity contribution in [2.45, 2.75) is 71.6 Å². The van der Waals surface area contributed by atoms with Crippen LogP contribution in [-0.4, -0.2) is 38.9 Å². The maximum absolute atomic E-state index is 11.7. The van der Waals surface area contributed by atoms with Crippen molar-refractivity contribution in [2.75, 3.05) is 26.9 Å². The van der Waals surface area contributed by atoms with Gasteiger partial charge in [-0.25, -0.2) is 0 Å². The first-order valence-corrected chi connectivity index (χ1v) is 8.94. The molecule has 136 valence electrons. The molecule has 5 nitrogen and oxygen atoms in total. The molecule has 0 bridgehead atoms. The predicted octanol–water partition coefficient (Wildman–Crippen LogP) is 3.89. The first-order chi connectivity index (χ1) is 11.1. The quantitative estimate of drug-likeness (QED) is 0.337. The van der Waals surface area contributed by atoms with E-state index in [4.69, 9.17) is 14.2 Å². The van der Waals surface area contributed by atoms with Crippen molar-refractivity contribution >= 4 is 11.9 Å². The van der Waals surface area contributed by atoms with Gasteiger partial charge in [-0.1, -0.05) is 33.1 Å². The van der Waals surface area contributed by atoms with Gasteiger partial charge in [-0.15, -0.1) is 0 Å². The molecule has 1 atom stereocenters. The molecule has 5 heteroatoms. The van der Waals surface area contributed by atoms with Crippen LogP contribution in [0.1, 0.15) is 71.6 Å². The number of unbranched alkanes of at least 4 members (excludes halogenated alkanes) is 2. The first kappa shape index (κ1) is 21.9. The van der Waals surface area contributed by atoms with Crippen molar-refractivity contribution in [2.24, 2.45) is 5.92 Å². The molecule has 0 saturated heterocycles. The summed E-state index contributed by atoms with van der Waals surface area (Å²) >= 11 is 0. The predicted molar refractivity (Wildman–Crippen MR) is 90.2 cm³/mol. The Morgan fingerprint density at radius 1 is 0.870 bits per heavy atom. The molecular formula is C18H34O5. The van der Waals surface area contributed by atoms with E-state index in [1.807, 2.05) is 0 Å². The molecule has 0 aromatic rings. The van der Waals surface area contributed by atoms with Gasteiger partial charge in [-0.2, -0.15) is 0 Å². The number of esters is 2. The number of ether oxygens (including phenoxy) is 3. The highest BCUT2D eigenvalue weighted by Crippen LogP contribution is 2.13. The van der Waals surface area contributed by atoms with Crippen LogP contribution in [0.15, 0.2) is 0 Å². The average Bonchev–Trinajstić information content (AvgIpc) is 2.56. The van der Waals surface area contributed by atoms with Crippen LogP contribution in [0.25, 0.3) is 0 Å². The molecule has 0 radical (unpaired) electrons. The normalized spacial score (nSPS) is 12.0. The van der Waals surface area contributed by atoms with Crippen LogP contribution in [0.5, 0.6) is 0 Å². The third-order valence-electron chi connectivity index (χ3n) is 3.79. The lowest BCUT2D eigenvalue weighted by Crippen LogP contribution is -2.14. The van der Waals surface area contributed by atoms with Crippen LogP contribution < -0.4 is 0 Å². The molecule has 0 aliphatic carbocycles. The molecule has 0 spiro atoms. The Morgan fingerprint density at radius 2 is 1.52 bits per heavy atom. The van der Waals surface area contributed by atoms with Crippen LogP contribution >= 0.6 is 0 Å². The minimum atomic E-state index is -0.208. The number of hydrogen-bond donors (Lipinski definition) is 0.